The Morgan fingerprint density at radius 1 is 1.17 bits per heavy atom. The maximum atomic E-state index is 13.5. The van der Waals surface area contributed by atoms with Gasteiger partial charge in [-0.2, -0.15) is 0 Å². The van der Waals surface area contributed by atoms with Crippen molar-refractivity contribution < 1.29 is 14.0 Å². The molecular weight excluding hydrogens is 368 g/mol. The molecule has 24 heavy (non-hydrogen) atoms. The van der Waals surface area contributed by atoms with E-state index in [1.165, 1.54) is 6.07 Å². The topological polar surface area (TPSA) is 46.2 Å². The van der Waals surface area contributed by atoms with Gasteiger partial charge in [-0.05, 0) is 0 Å². The summed E-state index contributed by atoms with van der Waals surface area (Å²) < 4.78 is 13.6. The molecule has 2 aromatic carbocycles. The fourth-order valence-corrected chi connectivity index (χ4v) is 5.47. The number of rotatable bonds is 6. The van der Waals surface area contributed by atoms with Gasteiger partial charge in [0, 0.05) is 0 Å². The first kappa shape index (κ1) is 16.9. The van der Waals surface area contributed by atoms with Gasteiger partial charge >= 0.3 is 147 Å². The first-order valence-corrected chi connectivity index (χ1v) is 10.3. The molecule has 1 aliphatic rings. The average molecular weight is 387 g/mol. The molecule has 2 atom stereocenters. The van der Waals surface area contributed by atoms with Crippen LogP contribution in [0.1, 0.15) is 24.0 Å². The van der Waals surface area contributed by atoms with E-state index in [0.29, 0.717) is 31.2 Å². The number of fused-ring (bicyclic) bond motifs is 1. The van der Waals surface area contributed by atoms with Gasteiger partial charge in [0.15, 0.2) is 0 Å². The molecule has 0 radical (unpaired) electrons. The minimum absolute atomic E-state index is 0.0313. The number of amides is 1. The molecule has 3 rings (SSSR count). The fourth-order valence-electron chi connectivity index (χ4n) is 2.88. The van der Waals surface area contributed by atoms with E-state index < -0.39 is 15.8 Å². The summed E-state index contributed by atoms with van der Waals surface area (Å²) in [6.45, 7) is 0. The van der Waals surface area contributed by atoms with Gasteiger partial charge in [0.1, 0.15) is 0 Å². The molecule has 1 heterocycles. The van der Waals surface area contributed by atoms with Crippen LogP contribution in [0.4, 0.5) is 10.1 Å². The molecule has 0 spiro atoms. The quantitative estimate of drug-likeness (QED) is 0.775. The zero-order chi connectivity index (χ0) is 16.9. The van der Waals surface area contributed by atoms with Crippen molar-refractivity contribution in [3.05, 3.63) is 65.5 Å². The molecular formula is C19H19AsFNO2. The van der Waals surface area contributed by atoms with Crippen LogP contribution < -0.4 is 5.32 Å². The molecule has 3 nitrogen and oxygen atoms in total. The summed E-state index contributed by atoms with van der Waals surface area (Å²) in [5.74, 6) is -0.250. The minimum atomic E-state index is -1.01. The van der Waals surface area contributed by atoms with E-state index in [1.807, 2.05) is 24.3 Å². The summed E-state index contributed by atoms with van der Waals surface area (Å²) >= 11 is -1.01. The summed E-state index contributed by atoms with van der Waals surface area (Å²) in [5, 5.41) is 2.90. The molecule has 1 N–H and O–H groups in total. The first-order valence-electron chi connectivity index (χ1n) is 8.05. The van der Waals surface area contributed by atoms with Crippen LogP contribution in [0.15, 0.2) is 48.5 Å². The van der Waals surface area contributed by atoms with Gasteiger partial charge in [0.25, 0.3) is 0 Å². The van der Waals surface area contributed by atoms with Crippen LogP contribution >= 0.6 is 0 Å². The Hall–Kier alpha value is -1.93. The Morgan fingerprint density at radius 3 is 2.75 bits per heavy atom. The zero-order valence-electron chi connectivity index (χ0n) is 13.2. The number of halogens is 1. The van der Waals surface area contributed by atoms with E-state index in [-0.39, 0.29) is 21.0 Å². The van der Waals surface area contributed by atoms with Crippen molar-refractivity contribution in [2.45, 2.75) is 30.4 Å². The zero-order valence-corrected chi connectivity index (χ0v) is 15.3. The molecule has 5 heteroatoms. The van der Waals surface area contributed by atoms with Crippen LogP contribution in [0.3, 0.4) is 0 Å². The van der Waals surface area contributed by atoms with E-state index in [9.17, 15) is 14.0 Å². The molecule has 124 valence electrons. The number of benzene rings is 2. The number of nitrogens with one attached hydrogen (secondary N) is 1. The van der Waals surface area contributed by atoms with E-state index in [2.05, 4.69) is 5.32 Å². The second kappa shape index (κ2) is 7.76. The van der Waals surface area contributed by atoms with Crippen molar-refractivity contribution in [1.29, 1.82) is 0 Å². The van der Waals surface area contributed by atoms with E-state index in [1.54, 1.807) is 18.2 Å². The third-order valence-corrected chi connectivity index (χ3v) is 7.07. The predicted octanol–water partition coefficient (Wildman–Crippen LogP) is 3.09. The monoisotopic (exact) mass is 387 g/mol. The van der Waals surface area contributed by atoms with Crippen molar-refractivity contribution in [3.8, 4) is 0 Å². The van der Waals surface area contributed by atoms with Crippen molar-refractivity contribution in [1.82, 2.24) is 0 Å². The van der Waals surface area contributed by atoms with Crippen molar-refractivity contribution in [2.24, 2.45) is 0 Å². The molecule has 0 fully saturated rings. The number of anilines is 1. The molecule has 0 aromatic heterocycles. The SMILES string of the molecule is O=C(CCCc1ccccc1F)[AsH]C1Cc2ccccc2NC1=O. The van der Waals surface area contributed by atoms with Crippen molar-refractivity contribution >= 4 is 31.9 Å². The van der Waals surface area contributed by atoms with E-state index in [4.69, 9.17) is 0 Å². The summed E-state index contributed by atoms with van der Waals surface area (Å²) in [6.07, 6.45) is 2.28. The van der Waals surface area contributed by atoms with Crippen LogP contribution in [0, 0.1) is 5.82 Å². The second-order valence-corrected chi connectivity index (χ2v) is 9.15. The number of carbonyl (C=O) groups excluding carboxylic acids is 2. The molecule has 0 saturated heterocycles. The number of para-hydroxylation sites is 1. The summed E-state index contributed by atoms with van der Waals surface area (Å²) in [5.41, 5.74) is 2.61. The van der Waals surface area contributed by atoms with Crippen molar-refractivity contribution in [2.75, 3.05) is 5.32 Å². The number of hydrogen-bond donors (Lipinski definition) is 1. The van der Waals surface area contributed by atoms with Gasteiger partial charge in [0.2, 0.25) is 0 Å². The Morgan fingerprint density at radius 2 is 1.92 bits per heavy atom. The molecule has 0 aliphatic carbocycles. The third kappa shape index (κ3) is 4.12. The first-order chi connectivity index (χ1) is 11.6. The molecule has 1 amide bonds. The molecule has 0 bridgehead atoms. The molecule has 0 saturated carbocycles. The van der Waals surface area contributed by atoms with Gasteiger partial charge in [-0.25, -0.2) is 0 Å². The summed E-state index contributed by atoms with van der Waals surface area (Å²) in [7, 11) is 0. The van der Waals surface area contributed by atoms with Gasteiger partial charge in [-0.3, -0.25) is 0 Å². The van der Waals surface area contributed by atoms with Gasteiger partial charge in [0.05, 0.1) is 0 Å². The fraction of sp³-hybridized carbons (Fsp3) is 0.263. The second-order valence-electron chi connectivity index (χ2n) is 5.92. The molecule has 2 unspecified atom stereocenters. The maximum absolute atomic E-state index is 13.5. The van der Waals surface area contributed by atoms with Crippen LogP contribution in [0.5, 0.6) is 0 Å². The Balaban J connectivity index is 1.50. The van der Waals surface area contributed by atoms with Crippen LogP contribution in [-0.2, 0) is 22.4 Å². The van der Waals surface area contributed by atoms with Crippen LogP contribution in [0.2, 0.25) is 4.71 Å². The Bertz CT molecular complexity index is 763. The van der Waals surface area contributed by atoms with Gasteiger partial charge in [-0.15, -0.1) is 0 Å². The van der Waals surface area contributed by atoms with Crippen molar-refractivity contribution in [3.63, 3.8) is 0 Å². The normalized spacial score (nSPS) is 16.9. The van der Waals surface area contributed by atoms with Crippen LogP contribution in [0.25, 0.3) is 0 Å². The van der Waals surface area contributed by atoms with Gasteiger partial charge in [-0.1, -0.05) is 0 Å². The number of carbonyl (C=O) groups is 2. The Labute approximate surface area is 147 Å². The third-order valence-electron chi connectivity index (χ3n) is 4.16. The van der Waals surface area contributed by atoms with Crippen LogP contribution in [-0.4, -0.2) is 26.2 Å². The standard InChI is InChI=1S/C19H19AsFNO2/c21-16-9-3-1-6-13(16)8-5-11-18(23)20-15-12-14-7-2-4-10-17(14)22-19(15)24/h1-4,6-7,9-10,15,20H,5,8,11-12H2,(H,22,24). The predicted molar refractivity (Wildman–Crippen MR) is 94.0 cm³/mol. The summed E-state index contributed by atoms with van der Waals surface area (Å²) in [4.78, 5) is 24.4. The van der Waals surface area contributed by atoms with E-state index in [0.717, 1.165) is 11.3 Å². The van der Waals surface area contributed by atoms with Gasteiger partial charge < -0.3 is 0 Å². The average Bonchev–Trinajstić information content (AvgIpc) is 2.57. The van der Waals surface area contributed by atoms with E-state index >= 15 is 0 Å². The summed E-state index contributed by atoms with van der Waals surface area (Å²) in [6, 6.07) is 14.4. The number of hydrogen-bond acceptors (Lipinski definition) is 2. The molecule has 1 aliphatic heterocycles. The molecule has 2 aromatic rings. The Kier molecular flexibility index (Phi) is 5.47. The number of aryl methyl sites for hydroxylation is 1.